The number of aromatic nitrogens is 3. The number of alkyl halides is 3. The monoisotopic (exact) mass is 452 g/mol. The minimum absolute atomic E-state index is 0.0934. The van der Waals surface area contributed by atoms with Crippen molar-refractivity contribution in [2.75, 3.05) is 5.73 Å². The summed E-state index contributed by atoms with van der Waals surface area (Å²) in [7, 11) is 0. The molecule has 0 saturated carbocycles. The van der Waals surface area contributed by atoms with Crippen LogP contribution in [0.1, 0.15) is 23.6 Å². The molecule has 3 heterocycles. The summed E-state index contributed by atoms with van der Waals surface area (Å²) in [6.07, 6.45) is -3.12. The van der Waals surface area contributed by atoms with Crippen molar-refractivity contribution in [3.05, 3.63) is 39.4 Å². The normalized spacial score (nSPS) is 13.4. The molecule has 3 rings (SSSR count). The van der Waals surface area contributed by atoms with Crippen LogP contribution in [-0.2, 0) is 6.18 Å². The molecule has 0 aromatic carbocycles. The number of hydrogen-bond acceptors (Lipinski definition) is 6. The second-order valence-corrected chi connectivity index (χ2v) is 7.54. The average Bonchev–Trinajstić information content (AvgIpc) is 2.88. The van der Waals surface area contributed by atoms with Crippen LogP contribution in [0.2, 0.25) is 5.15 Å². The summed E-state index contributed by atoms with van der Waals surface area (Å²) in [5, 5.41) is 0.415. The van der Waals surface area contributed by atoms with E-state index < -0.39 is 11.9 Å². The number of pyridine rings is 1. The van der Waals surface area contributed by atoms with E-state index in [9.17, 15) is 13.2 Å². The van der Waals surface area contributed by atoms with Crippen LogP contribution >= 0.6 is 39.3 Å². The summed E-state index contributed by atoms with van der Waals surface area (Å²) in [4.78, 5) is 11.6. The third kappa shape index (κ3) is 3.85. The maximum Gasteiger partial charge on any atom is 0.433 e. The van der Waals surface area contributed by atoms with Crippen LogP contribution in [0.3, 0.4) is 0 Å². The Labute approximate surface area is 157 Å². The molecule has 0 aliphatic carbocycles. The number of furan rings is 1. The van der Waals surface area contributed by atoms with Gasteiger partial charge in [-0.3, -0.25) is 0 Å². The summed E-state index contributed by atoms with van der Waals surface area (Å²) in [5.74, 6) is -0.254. The topological polar surface area (TPSA) is 77.8 Å². The smallest absolute Gasteiger partial charge is 0.433 e. The number of thioether (sulfide) groups is 1. The summed E-state index contributed by atoms with van der Waals surface area (Å²) in [5.41, 5.74) is 5.34. The van der Waals surface area contributed by atoms with Gasteiger partial charge in [0.15, 0.2) is 21.6 Å². The van der Waals surface area contributed by atoms with Crippen molar-refractivity contribution in [1.82, 2.24) is 15.0 Å². The van der Waals surface area contributed by atoms with Gasteiger partial charge in [-0.15, -0.1) is 0 Å². The first-order chi connectivity index (χ1) is 11.6. The summed E-state index contributed by atoms with van der Waals surface area (Å²) >= 11 is 10.4. The van der Waals surface area contributed by atoms with Gasteiger partial charge in [-0.25, -0.2) is 15.0 Å². The molecule has 2 N–H and O–H groups in total. The highest BCUT2D eigenvalue weighted by Gasteiger charge is 2.33. The number of nitrogens with zero attached hydrogens (tertiary/aromatic N) is 3. The van der Waals surface area contributed by atoms with E-state index >= 15 is 0 Å². The molecule has 0 aliphatic rings. The molecule has 0 aliphatic heterocycles. The van der Waals surface area contributed by atoms with Gasteiger partial charge in [0.25, 0.3) is 0 Å². The number of rotatable bonds is 3. The van der Waals surface area contributed by atoms with Crippen LogP contribution in [0.25, 0.3) is 11.0 Å². The first-order valence-corrected chi connectivity index (χ1v) is 8.81. The van der Waals surface area contributed by atoms with Gasteiger partial charge in [0.05, 0.1) is 15.4 Å². The first-order valence-electron chi connectivity index (χ1n) is 6.76. The van der Waals surface area contributed by atoms with Crippen molar-refractivity contribution in [2.45, 2.75) is 23.5 Å². The summed E-state index contributed by atoms with van der Waals surface area (Å²) < 4.78 is 44.5. The van der Waals surface area contributed by atoms with Crippen molar-refractivity contribution in [3.8, 4) is 0 Å². The van der Waals surface area contributed by atoms with Crippen molar-refractivity contribution >= 4 is 56.1 Å². The van der Waals surface area contributed by atoms with E-state index in [1.54, 1.807) is 13.0 Å². The fourth-order valence-electron chi connectivity index (χ4n) is 2.05. The van der Waals surface area contributed by atoms with Crippen LogP contribution in [0.5, 0.6) is 0 Å². The predicted molar refractivity (Wildman–Crippen MR) is 92.4 cm³/mol. The second kappa shape index (κ2) is 6.65. The van der Waals surface area contributed by atoms with Gasteiger partial charge in [-0.1, -0.05) is 23.4 Å². The highest BCUT2D eigenvalue weighted by atomic mass is 79.9. The van der Waals surface area contributed by atoms with Gasteiger partial charge in [-0.2, -0.15) is 13.2 Å². The zero-order valence-corrected chi connectivity index (χ0v) is 15.6. The largest absolute Gasteiger partial charge is 0.460 e. The SMILES string of the molecule is CC(Sc1nc(N)cc(C(F)(F)F)n1)c1cc2c(Br)coc2c(Cl)n1. The fourth-order valence-corrected chi connectivity index (χ4v) is 3.55. The number of fused-ring (bicyclic) bond motifs is 1. The number of anilines is 1. The first kappa shape index (κ1) is 18.3. The van der Waals surface area contributed by atoms with E-state index in [1.807, 2.05) is 0 Å². The number of hydrogen-bond donors (Lipinski definition) is 1. The Morgan fingerprint density at radius 1 is 1.28 bits per heavy atom. The van der Waals surface area contributed by atoms with Crippen LogP contribution < -0.4 is 5.73 Å². The minimum Gasteiger partial charge on any atom is -0.460 e. The van der Waals surface area contributed by atoms with Crippen LogP contribution in [0.15, 0.2) is 32.4 Å². The molecule has 3 aromatic heterocycles. The molecule has 132 valence electrons. The Bertz CT molecular complexity index is 950. The maximum atomic E-state index is 12.8. The molecule has 1 atom stereocenters. The lowest BCUT2D eigenvalue weighted by atomic mass is 10.2. The van der Waals surface area contributed by atoms with Gasteiger partial charge in [0.1, 0.15) is 12.1 Å². The Hall–Kier alpha value is -1.52. The highest BCUT2D eigenvalue weighted by molar-refractivity contribution is 9.10. The van der Waals surface area contributed by atoms with Gasteiger partial charge in [-0.05, 0) is 28.9 Å². The molecule has 0 radical (unpaired) electrons. The molecule has 0 amide bonds. The standard InChI is InChI=1S/C14H9BrClF3N4OS/c1-5(8-2-6-7(15)4-24-11(6)12(16)21-8)25-13-22-9(14(17,18)19)3-10(20)23-13/h2-5H,1H3,(H2,20,22,23). The van der Waals surface area contributed by atoms with Crippen molar-refractivity contribution in [3.63, 3.8) is 0 Å². The summed E-state index contributed by atoms with van der Waals surface area (Å²) in [6.45, 7) is 1.75. The molecule has 11 heteroatoms. The predicted octanol–water partition coefficient (Wildman–Crippen LogP) is 5.49. The minimum atomic E-state index is -4.60. The van der Waals surface area contributed by atoms with Crippen molar-refractivity contribution in [2.24, 2.45) is 0 Å². The lowest BCUT2D eigenvalue weighted by Crippen LogP contribution is -2.11. The van der Waals surface area contributed by atoms with Gasteiger partial charge in [0, 0.05) is 11.5 Å². The molecule has 0 fully saturated rings. The Morgan fingerprint density at radius 2 is 2.00 bits per heavy atom. The molecule has 0 saturated heterocycles. The fraction of sp³-hybridized carbons (Fsp3) is 0.214. The van der Waals surface area contributed by atoms with E-state index in [-0.39, 0.29) is 21.4 Å². The maximum absolute atomic E-state index is 12.8. The Kier molecular flexibility index (Phi) is 4.86. The van der Waals surface area contributed by atoms with Crippen LogP contribution in [0, 0.1) is 0 Å². The number of nitrogen functional groups attached to an aromatic ring is 1. The molecule has 5 nitrogen and oxygen atoms in total. The van der Waals surface area contributed by atoms with Gasteiger partial charge >= 0.3 is 6.18 Å². The molecule has 0 spiro atoms. The number of nitrogens with two attached hydrogens (primary N) is 1. The van der Waals surface area contributed by atoms with E-state index in [0.717, 1.165) is 11.8 Å². The van der Waals surface area contributed by atoms with Gasteiger partial charge < -0.3 is 10.2 Å². The third-order valence-electron chi connectivity index (χ3n) is 3.20. The molecule has 3 aromatic rings. The quantitative estimate of drug-likeness (QED) is 0.321. The lowest BCUT2D eigenvalue weighted by Gasteiger charge is -2.12. The van der Waals surface area contributed by atoms with Gasteiger partial charge in [0.2, 0.25) is 0 Å². The molecule has 1 unspecified atom stereocenters. The lowest BCUT2D eigenvalue weighted by molar-refractivity contribution is -0.141. The molecule has 25 heavy (non-hydrogen) atoms. The summed E-state index contributed by atoms with van der Waals surface area (Å²) in [6, 6.07) is 2.43. The van der Waals surface area contributed by atoms with Crippen LogP contribution in [0.4, 0.5) is 19.0 Å². The van der Waals surface area contributed by atoms with E-state index in [4.69, 9.17) is 21.8 Å². The molecule has 0 bridgehead atoms. The second-order valence-electron chi connectivity index (χ2n) is 5.02. The zero-order valence-electron chi connectivity index (χ0n) is 12.4. The number of halogens is 5. The molecular formula is C14H9BrClF3N4OS. The zero-order chi connectivity index (χ0) is 18.4. The Morgan fingerprint density at radius 3 is 2.68 bits per heavy atom. The van der Waals surface area contributed by atoms with Crippen molar-refractivity contribution in [1.29, 1.82) is 0 Å². The molecular weight excluding hydrogens is 445 g/mol. The third-order valence-corrected chi connectivity index (χ3v) is 5.06. The van der Waals surface area contributed by atoms with E-state index in [1.165, 1.54) is 6.26 Å². The Balaban J connectivity index is 1.94. The van der Waals surface area contributed by atoms with E-state index in [2.05, 4.69) is 30.9 Å². The van der Waals surface area contributed by atoms with Crippen LogP contribution in [-0.4, -0.2) is 15.0 Å². The highest BCUT2D eigenvalue weighted by Crippen LogP contribution is 2.38. The van der Waals surface area contributed by atoms with E-state index in [0.29, 0.717) is 27.2 Å². The van der Waals surface area contributed by atoms with Crippen molar-refractivity contribution < 1.29 is 17.6 Å². The average molecular weight is 454 g/mol.